The van der Waals surface area contributed by atoms with Crippen molar-refractivity contribution in [1.82, 2.24) is 9.97 Å². The van der Waals surface area contributed by atoms with Crippen molar-refractivity contribution in [1.29, 1.82) is 0 Å². The third-order valence-corrected chi connectivity index (χ3v) is 2.51. The van der Waals surface area contributed by atoms with E-state index in [0.29, 0.717) is 0 Å². The quantitative estimate of drug-likeness (QED) is 0.584. The predicted octanol–water partition coefficient (Wildman–Crippen LogP) is 2.28. The molecule has 0 amide bonds. The standard InChI is InChI=1S/C12H10N2/c1-2-6-10-9(5-1)13-11-7-3-4-8-12(11)14-10/h1-6H,7-8H2. The Balaban J connectivity index is 2.30. The second kappa shape index (κ2) is 2.91. The van der Waals surface area contributed by atoms with Gasteiger partial charge >= 0.3 is 0 Å². The Bertz CT molecular complexity index is 468. The number of hydrogen-bond acceptors (Lipinski definition) is 2. The van der Waals surface area contributed by atoms with E-state index in [9.17, 15) is 0 Å². The van der Waals surface area contributed by atoms with Gasteiger partial charge in [0.25, 0.3) is 0 Å². The maximum Gasteiger partial charge on any atom is 0.0890 e. The number of rotatable bonds is 0. The molecule has 1 aromatic carbocycles. The van der Waals surface area contributed by atoms with E-state index in [4.69, 9.17) is 0 Å². The Hall–Kier alpha value is -1.70. The van der Waals surface area contributed by atoms with Crippen LogP contribution in [0.4, 0.5) is 0 Å². The Morgan fingerprint density at radius 1 is 0.786 bits per heavy atom. The molecule has 0 bridgehead atoms. The van der Waals surface area contributed by atoms with Crippen molar-refractivity contribution in [3.63, 3.8) is 0 Å². The molecule has 0 fully saturated rings. The van der Waals surface area contributed by atoms with Gasteiger partial charge in [-0.3, -0.25) is 0 Å². The van der Waals surface area contributed by atoms with Gasteiger partial charge in [0, 0.05) is 12.8 Å². The first-order valence-corrected chi connectivity index (χ1v) is 4.83. The number of aromatic nitrogens is 2. The fourth-order valence-electron chi connectivity index (χ4n) is 1.79. The second-order valence-corrected chi connectivity index (χ2v) is 3.49. The zero-order chi connectivity index (χ0) is 9.38. The van der Waals surface area contributed by atoms with Crippen LogP contribution >= 0.6 is 0 Å². The number of fused-ring (bicyclic) bond motifs is 2. The summed E-state index contributed by atoms with van der Waals surface area (Å²) in [5.41, 5.74) is 4.26. The van der Waals surface area contributed by atoms with E-state index in [2.05, 4.69) is 22.1 Å². The summed E-state index contributed by atoms with van der Waals surface area (Å²) >= 11 is 0. The molecule has 1 heterocycles. The Morgan fingerprint density at radius 3 is 1.79 bits per heavy atom. The van der Waals surface area contributed by atoms with Gasteiger partial charge in [0.15, 0.2) is 0 Å². The minimum absolute atomic E-state index is 0.924. The van der Waals surface area contributed by atoms with Crippen LogP contribution in [0, 0.1) is 0 Å². The first kappa shape index (κ1) is 7.68. The van der Waals surface area contributed by atoms with Gasteiger partial charge in [-0.15, -0.1) is 0 Å². The van der Waals surface area contributed by atoms with E-state index in [1.807, 2.05) is 24.3 Å². The van der Waals surface area contributed by atoms with Crippen LogP contribution in [0.2, 0.25) is 0 Å². The van der Waals surface area contributed by atoms with E-state index in [1.54, 1.807) is 0 Å². The van der Waals surface area contributed by atoms with Crippen molar-refractivity contribution in [2.45, 2.75) is 12.8 Å². The first-order chi connectivity index (χ1) is 6.93. The number of hydrogen-bond donors (Lipinski definition) is 0. The summed E-state index contributed by atoms with van der Waals surface area (Å²) in [5, 5.41) is 0. The fourth-order valence-corrected chi connectivity index (χ4v) is 1.79. The van der Waals surface area contributed by atoms with E-state index < -0.39 is 0 Å². The molecule has 14 heavy (non-hydrogen) atoms. The smallest absolute Gasteiger partial charge is 0.0890 e. The topological polar surface area (TPSA) is 25.8 Å². The monoisotopic (exact) mass is 182 g/mol. The minimum atomic E-state index is 0.924. The van der Waals surface area contributed by atoms with Crippen LogP contribution in [0.5, 0.6) is 0 Å². The van der Waals surface area contributed by atoms with Crippen molar-refractivity contribution in [3.05, 3.63) is 47.8 Å². The molecule has 0 atom stereocenters. The fraction of sp³-hybridized carbons (Fsp3) is 0.167. The van der Waals surface area contributed by atoms with Crippen LogP contribution in [0.3, 0.4) is 0 Å². The molecule has 0 spiro atoms. The average Bonchev–Trinajstić information content (AvgIpc) is 2.26. The lowest BCUT2D eigenvalue weighted by molar-refractivity contribution is 0.965. The summed E-state index contributed by atoms with van der Waals surface area (Å²) in [7, 11) is 0. The Labute approximate surface area is 82.3 Å². The maximum atomic E-state index is 4.60. The third kappa shape index (κ3) is 1.11. The number of allylic oxidation sites excluding steroid dienone is 2. The molecule has 0 saturated carbocycles. The van der Waals surface area contributed by atoms with E-state index in [0.717, 1.165) is 35.3 Å². The molecule has 1 aliphatic rings. The predicted molar refractivity (Wildman–Crippen MR) is 56.1 cm³/mol. The van der Waals surface area contributed by atoms with E-state index in [1.165, 1.54) is 0 Å². The summed E-state index contributed by atoms with van der Waals surface area (Å²) in [6, 6.07) is 8.03. The lowest BCUT2D eigenvalue weighted by Gasteiger charge is -2.09. The number of para-hydroxylation sites is 2. The molecular formula is C12H10N2. The van der Waals surface area contributed by atoms with Crippen LogP contribution in [0.1, 0.15) is 11.4 Å². The van der Waals surface area contributed by atoms with Crippen molar-refractivity contribution in [2.24, 2.45) is 0 Å². The van der Waals surface area contributed by atoms with Crippen LogP contribution < -0.4 is 0 Å². The molecule has 2 nitrogen and oxygen atoms in total. The molecule has 68 valence electrons. The molecule has 0 N–H and O–H groups in total. The number of nitrogens with zero attached hydrogens (tertiary/aromatic N) is 2. The Kier molecular flexibility index (Phi) is 1.60. The van der Waals surface area contributed by atoms with Crippen molar-refractivity contribution < 1.29 is 0 Å². The maximum absolute atomic E-state index is 4.60. The molecule has 0 unspecified atom stereocenters. The highest BCUT2D eigenvalue weighted by molar-refractivity contribution is 5.74. The largest absolute Gasteiger partial charge is 0.249 e. The SMILES string of the molecule is C1=CCc2nc3ccccc3nc2C1. The van der Waals surface area contributed by atoms with Gasteiger partial charge in [0.05, 0.1) is 22.4 Å². The van der Waals surface area contributed by atoms with Gasteiger partial charge in [-0.2, -0.15) is 0 Å². The highest BCUT2D eigenvalue weighted by Gasteiger charge is 2.08. The molecule has 2 aromatic rings. The minimum Gasteiger partial charge on any atom is -0.249 e. The average molecular weight is 182 g/mol. The van der Waals surface area contributed by atoms with Gasteiger partial charge in [0.1, 0.15) is 0 Å². The van der Waals surface area contributed by atoms with Crippen LogP contribution in [-0.4, -0.2) is 9.97 Å². The van der Waals surface area contributed by atoms with Gasteiger partial charge in [-0.1, -0.05) is 24.3 Å². The molecular weight excluding hydrogens is 172 g/mol. The van der Waals surface area contributed by atoms with Gasteiger partial charge in [0.2, 0.25) is 0 Å². The number of benzene rings is 1. The molecule has 3 rings (SSSR count). The highest BCUT2D eigenvalue weighted by atomic mass is 14.8. The van der Waals surface area contributed by atoms with Crippen LogP contribution in [-0.2, 0) is 12.8 Å². The first-order valence-electron chi connectivity index (χ1n) is 4.83. The third-order valence-electron chi connectivity index (χ3n) is 2.51. The molecule has 0 radical (unpaired) electrons. The van der Waals surface area contributed by atoms with E-state index in [-0.39, 0.29) is 0 Å². The van der Waals surface area contributed by atoms with Crippen LogP contribution in [0.15, 0.2) is 36.4 Å². The van der Waals surface area contributed by atoms with Gasteiger partial charge in [-0.25, -0.2) is 9.97 Å². The normalized spacial score (nSPS) is 14.3. The molecule has 1 aromatic heterocycles. The lowest BCUT2D eigenvalue weighted by atomic mass is 10.1. The van der Waals surface area contributed by atoms with Gasteiger partial charge in [-0.05, 0) is 12.1 Å². The lowest BCUT2D eigenvalue weighted by Crippen LogP contribution is -2.04. The molecule has 0 saturated heterocycles. The van der Waals surface area contributed by atoms with Crippen molar-refractivity contribution in [2.75, 3.05) is 0 Å². The van der Waals surface area contributed by atoms with Crippen molar-refractivity contribution in [3.8, 4) is 0 Å². The van der Waals surface area contributed by atoms with Crippen molar-refractivity contribution >= 4 is 11.0 Å². The Morgan fingerprint density at radius 2 is 1.29 bits per heavy atom. The zero-order valence-corrected chi connectivity index (χ0v) is 7.77. The van der Waals surface area contributed by atoms with Crippen LogP contribution in [0.25, 0.3) is 11.0 Å². The van der Waals surface area contributed by atoms with E-state index >= 15 is 0 Å². The second-order valence-electron chi connectivity index (χ2n) is 3.49. The highest BCUT2D eigenvalue weighted by Crippen LogP contribution is 2.16. The molecule has 1 aliphatic carbocycles. The summed E-state index contributed by atoms with van der Waals surface area (Å²) < 4.78 is 0. The summed E-state index contributed by atoms with van der Waals surface area (Å²) in [5.74, 6) is 0. The molecule has 2 heteroatoms. The van der Waals surface area contributed by atoms with Gasteiger partial charge < -0.3 is 0 Å². The summed E-state index contributed by atoms with van der Waals surface area (Å²) in [4.78, 5) is 9.20. The molecule has 0 aliphatic heterocycles. The summed E-state index contributed by atoms with van der Waals surface area (Å²) in [6.07, 6.45) is 6.16. The summed E-state index contributed by atoms with van der Waals surface area (Å²) in [6.45, 7) is 0. The zero-order valence-electron chi connectivity index (χ0n) is 7.77.